The van der Waals surface area contributed by atoms with E-state index in [2.05, 4.69) is 15.9 Å². The Kier molecular flexibility index (Phi) is 2.85. The van der Waals surface area contributed by atoms with Crippen LogP contribution in [0.1, 0.15) is 11.1 Å². The lowest BCUT2D eigenvalue weighted by atomic mass is 10.1. The molecule has 0 amide bonds. The van der Waals surface area contributed by atoms with Crippen LogP contribution in [0.2, 0.25) is 5.02 Å². The Morgan fingerprint density at radius 2 is 2.20 bits per heavy atom. The van der Waals surface area contributed by atoms with Gasteiger partial charge in [0, 0.05) is 10.6 Å². The van der Waals surface area contributed by atoms with Gasteiger partial charge in [-0.1, -0.05) is 23.7 Å². The van der Waals surface area contributed by atoms with Gasteiger partial charge in [-0.05, 0) is 40.0 Å². The van der Waals surface area contributed by atoms with Crippen molar-refractivity contribution in [2.75, 3.05) is 6.61 Å². The number of hydrogen-bond donors (Lipinski definition) is 0. The molecule has 0 radical (unpaired) electrons. The zero-order valence-electron chi connectivity index (χ0n) is 8.01. The molecule has 2 nitrogen and oxygen atoms in total. The van der Waals surface area contributed by atoms with Crippen molar-refractivity contribution in [2.24, 2.45) is 0 Å². The maximum Gasteiger partial charge on any atom is 0.346 e. The predicted molar refractivity (Wildman–Crippen MR) is 63.0 cm³/mol. The molecule has 1 aromatic carbocycles. The van der Waals surface area contributed by atoms with E-state index in [1.165, 1.54) is 0 Å². The van der Waals surface area contributed by atoms with Crippen LogP contribution < -0.4 is 0 Å². The van der Waals surface area contributed by atoms with Crippen molar-refractivity contribution in [1.82, 2.24) is 0 Å². The average molecular weight is 288 g/mol. The van der Waals surface area contributed by atoms with E-state index in [0.717, 1.165) is 16.7 Å². The third-order valence-corrected chi connectivity index (χ3v) is 3.52. The molecule has 0 unspecified atom stereocenters. The smallest absolute Gasteiger partial charge is 0.346 e. The summed E-state index contributed by atoms with van der Waals surface area (Å²) < 4.78 is 5.39. The topological polar surface area (TPSA) is 26.3 Å². The van der Waals surface area contributed by atoms with Crippen molar-refractivity contribution in [1.29, 1.82) is 0 Å². The first kappa shape index (κ1) is 10.7. The highest BCUT2D eigenvalue weighted by atomic mass is 79.9. The van der Waals surface area contributed by atoms with E-state index in [4.69, 9.17) is 16.3 Å². The molecule has 1 heterocycles. The van der Waals surface area contributed by atoms with Crippen LogP contribution in [0.5, 0.6) is 0 Å². The lowest BCUT2D eigenvalue weighted by molar-refractivity contribution is -0.135. The second-order valence-electron chi connectivity index (χ2n) is 3.33. The van der Waals surface area contributed by atoms with Crippen molar-refractivity contribution in [2.45, 2.75) is 6.92 Å². The molecule has 0 aliphatic carbocycles. The van der Waals surface area contributed by atoms with Gasteiger partial charge in [-0.15, -0.1) is 0 Å². The van der Waals surface area contributed by atoms with E-state index in [-0.39, 0.29) is 5.97 Å². The third kappa shape index (κ3) is 1.94. The number of aryl methyl sites for hydroxylation is 1. The largest absolute Gasteiger partial charge is 0.457 e. The molecule has 0 saturated heterocycles. The minimum atomic E-state index is -0.318. The highest BCUT2D eigenvalue weighted by molar-refractivity contribution is 9.12. The van der Waals surface area contributed by atoms with Crippen LogP contribution in [0.15, 0.2) is 22.7 Å². The SMILES string of the molecule is Cc1ccc(C2=C(Br)C(=O)OC2)cc1Cl. The second kappa shape index (κ2) is 3.99. The Balaban J connectivity index is 2.47. The number of rotatable bonds is 1. The van der Waals surface area contributed by atoms with Crippen LogP contribution in [0, 0.1) is 6.92 Å². The van der Waals surface area contributed by atoms with E-state index in [0.29, 0.717) is 16.1 Å². The normalized spacial score (nSPS) is 15.8. The molecule has 0 saturated carbocycles. The predicted octanol–water partition coefficient (Wildman–Crippen LogP) is 3.31. The maximum absolute atomic E-state index is 11.1. The fourth-order valence-electron chi connectivity index (χ4n) is 1.38. The fourth-order valence-corrected chi connectivity index (χ4v) is 2.02. The van der Waals surface area contributed by atoms with Crippen molar-refractivity contribution >= 4 is 39.1 Å². The van der Waals surface area contributed by atoms with Crippen LogP contribution in [0.4, 0.5) is 0 Å². The summed E-state index contributed by atoms with van der Waals surface area (Å²) in [4.78, 5) is 11.1. The quantitative estimate of drug-likeness (QED) is 0.741. The Bertz CT molecular complexity index is 466. The summed E-state index contributed by atoms with van der Waals surface area (Å²) in [6.07, 6.45) is 0. The maximum atomic E-state index is 11.1. The highest BCUT2D eigenvalue weighted by Gasteiger charge is 2.23. The Hall–Kier alpha value is -0.800. The van der Waals surface area contributed by atoms with Gasteiger partial charge in [0.25, 0.3) is 0 Å². The number of cyclic esters (lactones) is 1. The second-order valence-corrected chi connectivity index (χ2v) is 4.53. The van der Waals surface area contributed by atoms with Crippen molar-refractivity contribution in [3.8, 4) is 0 Å². The number of halogens is 2. The lowest BCUT2D eigenvalue weighted by Gasteiger charge is -2.03. The zero-order chi connectivity index (χ0) is 11.0. The van der Waals surface area contributed by atoms with Crippen molar-refractivity contribution in [3.63, 3.8) is 0 Å². The minimum absolute atomic E-state index is 0.304. The Morgan fingerprint density at radius 3 is 2.73 bits per heavy atom. The Labute approximate surface area is 101 Å². The summed E-state index contributed by atoms with van der Waals surface area (Å²) in [5.41, 5.74) is 2.78. The molecule has 0 aromatic heterocycles. The first-order chi connectivity index (χ1) is 7.09. The summed E-state index contributed by atoms with van der Waals surface area (Å²) in [6, 6.07) is 5.70. The van der Waals surface area contributed by atoms with Crippen LogP contribution in [0.3, 0.4) is 0 Å². The van der Waals surface area contributed by atoms with Crippen molar-refractivity contribution in [3.05, 3.63) is 38.8 Å². The molecule has 1 aliphatic rings. The van der Waals surface area contributed by atoms with Gasteiger partial charge in [-0.2, -0.15) is 0 Å². The lowest BCUT2D eigenvalue weighted by Crippen LogP contribution is -1.93. The fraction of sp³-hybridized carbons (Fsp3) is 0.182. The van der Waals surface area contributed by atoms with Crippen LogP contribution in [0.25, 0.3) is 5.57 Å². The molecular weight excluding hydrogens is 279 g/mol. The number of carbonyl (C=O) groups excluding carboxylic acids is 1. The van der Waals surface area contributed by atoms with Crippen LogP contribution in [-0.2, 0) is 9.53 Å². The molecule has 1 aromatic rings. The number of ether oxygens (including phenoxy) is 1. The van der Waals surface area contributed by atoms with E-state index in [1.807, 2.05) is 25.1 Å². The summed E-state index contributed by atoms with van der Waals surface area (Å²) in [6.45, 7) is 2.24. The highest BCUT2D eigenvalue weighted by Crippen LogP contribution is 2.31. The molecule has 15 heavy (non-hydrogen) atoms. The number of carbonyl (C=O) groups is 1. The minimum Gasteiger partial charge on any atom is -0.457 e. The van der Waals surface area contributed by atoms with Gasteiger partial charge in [-0.3, -0.25) is 0 Å². The first-order valence-electron chi connectivity index (χ1n) is 4.42. The summed E-state index contributed by atoms with van der Waals surface area (Å²) in [5, 5.41) is 0.694. The molecule has 1 aliphatic heterocycles. The van der Waals surface area contributed by atoms with Gasteiger partial charge in [0.2, 0.25) is 0 Å². The molecule has 0 N–H and O–H groups in total. The Morgan fingerprint density at radius 1 is 1.47 bits per heavy atom. The molecule has 0 spiro atoms. The van der Waals surface area contributed by atoms with E-state index in [9.17, 15) is 4.79 Å². The molecule has 0 atom stereocenters. The number of benzene rings is 1. The van der Waals surface area contributed by atoms with Gasteiger partial charge >= 0.3 is 5.97 Å². The van der Waals surface area contributed by atoms with E-state index >= 15 is 0 Å². The average Bonchev–Trinajstić information content (AvgIpc) is 2.53. The molecule has 0 fully saturated rings. The van der Waals surface area contributed by atoms with Gasteiger partial charge < -0.3 is 4.74 Å². The standard InChI is InChI=1S/C11H8BrClO2/c1-6-2-3-7(4-9(6)13)8-5-15-11(14)10(8)12/h2-4H,5H2,1H3. The summed E-state index contributed by atoms with van der Waals surface area (Å²) in [5.74, 6) is -0.318. The van der Waals surface area contributed by atoms with E-state index < -0.39 is 0 Å². The number of esters is 1. The monoisotopic (exact) mass is 286 g/mol. The molecule has 2 rings (SSSR count). The number of hydrogen-bond acceptors (Lipinski definition) is 2. The summed E-state index contributed by atoms with van der Waals surface area (Å²) in [7, 11) is 0. The van der Waals surface area contributed by atoms with Crippen molar-refractivity contribution < 1.29 is 9.53 Å². The molecule has 0 bridgehead atoms. The van der Waals surface area contributed by atoms with Gasteiger partial charge in [0.05, 0.1) is 0 Å². The third-order valence-electron chi connectivity index (χ3n) is 2.31. The van der Waals surface area contributed by atoms with Crippen LogP contribution in [-0.4, -0.2) is 12.6 Å². The van der Waals surface area contributed by atoms with Gasteiger partial charge in [0.15, 0.2) is 0 Å². The first-order valence-corrected chi connectivity index (χ1v) is 5.59. The molecular formula is C11H8BrClO2. The van der Waals surface area contributed by atoms with E-state index in [1.54, 1.807) is 0 Å². The van der Waals surface area contributed by atoms with Crippen LogP contribution >= 0.6 is 27.5 Å². The summed E-state index contributed by atoms with van der Waals surface area (Å²) >= 11 is 9.22. The van der Waals surface area contributed by atoms with Gasteiger partial charge in [-0.25, -0.2) is 4.79 Å². The zero-order valence-corrected chi connectivity index (χ0v) is 10.4. The molecule has 4 heteroatoms. The van der Waals surface area contributed by atoms with Gasteiger partial charge in [0.1, 0.15) is 11.1 Å². The molecule has 78 valence electrons.